The van der Waals surface area contributed by atoms with E-state index >= 15 is 0 Å². The molecular formula is C20H31FN5OS+. The van der Waals surface area contributed by atoms with Gasteiger partial charge in [0.05, 0.1) is 50.2 Å². The molecule has 0 aliphatic carbocycles. The van der Waals surface area contributed by atoms with E-state index in [0.717, 1.165) is 57.7 Å². The Morgan fingerprint density at radius 1 is 1.39 bits per heavy atom. The van der Waals surface area contributed by atoms with Gasteiger partial charge in [-0.15, -0.1) is 0 Å². The molecule has 3 N–H and O–H groups in total. The van der Waals surface area contributed by atoms with Gasteiger partial charge in [0.2, 0.25) is 0 Å². The lowest BCUT2D eigenvalue weighted by molar-refractivity contribution is -0.898. The average molecular weight is 409 g/mol. The fourth-order valence-electron chi connectivity index (χ4n) is 3.66. The largest absolute Gasteiger partial charge is 0.376 e. The van der Waals surface area contributed by atoms with Gasteiger partial charge in [-0.25, -0.2) is 4.39 Å². The second-order valence-electron chi connectivity index (χ2n) is 7.41. The van der Waals surface area contributed by atoms with E-state index in [1.807, 2.05) is 19.1 Å². The van der Waals surface area contributed by atoms with Gasteiger partial charge in [0.1, 0.15) is 5.82 Å². The van der Waals surface area contributed by atoms with Gasteiger partial charge in [-0.2, -0.15) is 5.10 Å². The van der Waals surface area contributed by atoms with Gasteiger partial charge in [-0.3, -0.25) is 5.43 Å². The van der Waals surface area contributed by atoms with Crippen molar-refractivity contribution in [1.82, 2.24) is 10.7 Å². The minimum absolute atomic E-state index is 0.203. The van der Waals surface area contributed by atoms with Gasteiger partial charge >= 0.3 is 0 Å². The van der Waals surface area contributed by atoms with Crippen LogP contribution in [0.3, 0.4) is 0 Å². The number of hydrogen-bond donors (Lipinski definition) is 3. The smallest absolute Gasteiger partial charge is 0.187 e. The third kappa shape index (κ3) is 5.62. The molecule has 2 aliphatic heterocycles. The highest BCUT2D eigenvalue weighted by molar-refractivity contribution is 7.80. The minimum Gasteiger partial charge on any atom is -0.376 e. The van der Waals surface area contributed by atoms with Crippen LogP contribution >= 0.6 is 12.2 Å². The SMILES string of the molecule is CC[NH+]1CCN(c2ccc(/C(C)=N\NC(=S)NC[C@H]3CCCO3)cc2F)CC1. The van der Waals surface area contributed by atoms with Crippen molar-refractivity contribution >= 4 is 28.7 Å². The second-order valence-corrected chi connectivity index (χ2v) is 7.82. The molecule has 0 amide bonds. The number of halogens is 1. The molecule has 0 saturated carbocycles. The minimum atomic E-state index is -0.203. The molecule has 28 heavy (non-hydrogen) atoms. The predicted molar refractivity (Wildman–Crippen MR) is 115 cm³/mol. The molecule has 2 aliphatic rings. The lowest BCUT2D eigenvalue weighted by Gasteiger charge is -2.33. The summed E-state index contributed by atoms with van der Waals surface area (Å²) in [5, 5.41) is 7.84. The molecule has 2 fully saturated rings. The summed E-state index contributed by atoms with van der Waals surface area (Å²) in [6, 6.07) is 5.33. The molecule has 1 atom stereocenters. The van der Waals surface area contributed by atoms with Crippen molar-refractivity contribution in [1.29, 1.82) is 0 Å². The topological polar surface area (TPSA) is 53.3 Å². The Balaban J connectivity index is 1.53. The second kappa shape index (κ2) is 10.1. The molecule has 2 heterocycles. The highest BCUT2D eigenvalue weighted by atomic mass is 32.1. The van der Waals surface area contributed by atoms with Gasteiger partial charge in [-0.05, 0) is 51.0 Å². The first-order valence-electron chi connectivity index (χ1n) is 10.1. The van der Waals surface area contributed by atoms with Gasteiger partial charge < -0.3 is 19.9 Å². The standard InChI is InChI=1S/C20H30FN5OS/c1-3-25-8-10-26(11-9-25)19-7-6-16(13-18(19)21)15(2)23-24-20(28)22-14-17-5-4-12-27-17/h6-7,13,17H,3-5,8-12,14H2,1-2H3,(H2,22,24,28)/p+1/b23-15-/t17-/m1/s1. The first-order valence-corrected chi connectivity index (χ1v) is 10.6. The summed E-state index contributed by atoms with van der Waals surface area (Å²) in [4.78, 5) is 3.71. The molecule has 3 rings (SSSR count). The molecule has 154 valence electrons. The lowest BCUT2D eigenvalue weighted by Crippen LogP contribution is -3.14. The van der Waals surface area contributed by atoms with E-state index in [1.165, 1.54) is 0 Å². The zero-order valence-electron chi connectivity index (χ0n) is 16.8. The third-order valence-electron chi connectivity index (χ3n) is 5.52. The van der Waals surface area contributed by atoms with E-state index in [4.69, 9.17) is 17.0 Å². The van der Waals surface area contributed by atoms with Crippen molar-refractivity contribution in [3.63, 3.8) is 0 Å². The van der Waals surface area contributed by atoms with Crippen LogP contribution in [-0.2, 0) is 4.74 Å². The number of hydrogen-bond acceptors (Lipinski definition) is 4. The van der Waals surface area contributed by atoms with Crippen LogP contribution in [0.5, 0.6) is 0 Å². The summed E-state index contributed by atoms with van der Waals surface area (Å²) in [6.07, 6.45) is 2.37. The number of nitrogens with zero attached hydrogens (tertiary/aromatic N) is 2. The number of rotatable bonds is 6. The molecule has 1 aromatic carbocycles. The zero-order chi connectivity index (χ0) is 19.9. The normalized spacial score (nSPS) is 21.0. The maximum absolute atomic E-state index is 14.7. The maximum atomic E-state index is 14.7. The predicted octanol–water partition coefficient (Wildman–Crippen LogP) is 0.918. The van der Waals surface area contributed by atoms with Crippen molar-refractivity contribution in [2.45, 2.75) is 32.8 Å². The summed E-state index contributed by atoms with van der Waals surface area (Å²) in [7, 11) is 0. The fourth-order valence-corrected chi connectivity index (χ4v) is 3.79. The van der Waals surface area contributed by atoms with E-state index in [1.54, 1.807) is 11.0 Å². The van der Waals surface area contributed by atoms with Gasteiger partial charge in [-0.1, -0.05) is 6.07 Å². The summed E-state index contributed by atoms with van der Waals surface area (Å²) >= 11 is 5.24. The van der Waals surface area contributed by atoms with Crippen molar-refractivity contribution in [3.8, 4) is 0 Å². The highest BCUT2D eigenvalue weighted by Gasteiger charge is 2.21. The van der Waals surface area contributed by atoms with Crippen molar-refractivity contribution in [2.75, 3.05) is 50.8 Å². The molecule has 0 bridgehead atoms. The summed E-state index contributed by atoms with van der Waals surface area (Å²) in [6.45, 7) is 10.5. The van der Waals surface area contributed by atoms with Crippen LogP contribution in [0.2, 0.25) is 0 Å². The summed E-state index contributed by atoms with van der Waals surface area (Å²) < 4.78 is 20.2. The van der Waals surface area contributed by atoms with Crippen LogP contribution < -0.4 is 20.5 Å². The molecule has 6 nitrogen and oxygen atoms in total. The Morgan fingerprint density at radius 2 is 2.18 bits per heavy atom. The monoisotopic (exact) mass is 408 g/mol. The highest BCUT2D eigenvalue weighted by Crippen LogP contribution is 2.21. The fraction of sp³-hybridized carbons (Fsp3) is 0.600. The van der Waals surface area contributed by atoms with Crippen molar-refractivity contribution in [2.24, 2.45) is 5.10 Å². The molecule has 0 aromatic heterocycles. The average Bonchev–Trinajstić information content (AvgIpc) is 3.24. The molecule has 1 aromatic rings. The Hall–Kier alpha value is -1.77. The van der Waals surface area contributed by atoms with Crippen LogP contribution in [0.15, 0.2) is 23.3 Å². The van der Waals surface area contributed by atoms with Crippen molar-refractivity contribution < 1.29 is 14.0 Å². The number of anilines is 1. The Labute approximate surface area is 172 Å². The van der Waals surface area contributed by atoms with E-state index in [0.29, 0.717) is 23.1 Å². The Kier molecular flexibility index (Phi) is 7.58. The van der Waals surface area contributed by atoms with E-state index in [9.17, 15) is 4.39 Å². The summed E-state index contributed by atoms with van der Waals surface area (Å²) in [5.41, 5.74) is 4.94. The van der Waals surface area contributed by atoms with Crippen LogP contribution in [0.1, 0.15) is 32.3 Å². The Morgan fingerprint density at radius 3 is 2.82 bits per heavy atom. The first-order chi connectivity index (χ1) is 13.6. The van der Waals surface area contributed by atoms with E-state index < -0.39 is 0 Å². The van der Waals surface area contributed by atoms with Crippen LogP contribution in [0, 0.1) is 5.82 Å². The molecule has 0 unspecified atom stereocenters. The van der Waals surface area contributed by atoms with Crippen LogP contribution in [-0.4, -0.2) is 62.8 Å². The van der Waals surface area contributed by atoms with E-state index in [-0.39, 0.29) is 11.9 Å². The Bertz CT molecular complexity index is 700. The number of hydrazone groups is 1. The third-order valence-corrected chi connectivity index (χ3v) is 5.75. The number of nitrogens with one attached hydrogen (secondary N) is 3. The summed E-state index contributed by atoms with van der Waals surface area (Å²) in [5.74, 6) is -0.203. The van der Waals surface area contributed by atoms with Crippen LogP contribution in [0.25, 0.3) is 0 Å². The maximum Gasteiger partial charge on any atom is 0.187 e. The molecule has 0 spiro atoms. The molecule has 2 saturated heterocycles. The molecule has 8 heteroatoms. The van der Waals surface area contributed by atoms with Gasteiger partial charge in [0.15, 0.2) is 5.11 Å². The van der Waals surface area contributed by atoms with Gasteiger partial charge in [0, 0.05) is 18.7 Å². The molecule has 0 radical (unpaired) electrons. The van der Waals surface area contributed by atoms with Gasteiger partial charge in [0.25, 0.3) is 0 Å². The van der Waals surface area contributed by atoms with E-state index in [2.05, 4.69) is 27.7 Å². The number of benzene rings is 1. The first kappa shape index (κ1) is 21.0. The lowest BCUT2D eigenvalue weighted by atomic mass is 10.1. The zero-order valence-corrected chi connectivity index (χ0v) is 17.6. The molecular weight excluding hydrogens is 377 g/mol. The number of thiocarbonyl (C=S) groups is 1. The number of quaternary nitrogens is 1. The van der Waals surface area contributed by atoms with Crippen molar-refractivity contribution in [3.05, 3.63) is 29.6 Å². The number of likely N-dealkylation sites (N-methyl/N-ethyl adjacent to an activating group) is 1. The number of piperazine rings is 1. The quantitative estimate of drug-likeness (QED) is 0.371. The number of ether oxygens (including phenoxy) is 1. The van der Waals surface area contributed by atoms with Crippen LogP contribution in [0.4, 0.5) is 10.1 Å².